The highest BCUT2D eigenvalue weighted by atomic mass is 16.5. The molecule has 1 aromatic rings. The van der Waals surface area contributed by atoms with Gasteiger partial charge in [-0.1, -0.05) is 0 Å². The molecule has 1 fully saturated rings. The Morgan fingerprint density at radius 1 is 1.33 bits per heavy atom. The van der Waals surface area contributed by atoms with Crippen molar-refractivity contribution < 1.29 is 4.74 Å². The number of nitrogen functional groups attached to an aromatic ring is 1. The first-order chi connectivity index (χ1) is 7.29. The predicted octanol–water partition coefficient (Wildman–Crippen LogP) is -0.403. The molecule has 80 valence electrons. The van der Waals surface area contributed by atoms with Crippen LogP contribution in [0.2, 0.25) is 0 Å². The van der Waals surface area contributed by atoms with E-state index in [2.05, 4.69) is 9.97 Å². The molecule has 6 heteroatoms. The summed E-state index contributed by atoms with van der Waals surface area (Å²) in [5.74, 6) is 0.623. The van der Waals surface area contributed by atoms with E-state index in [1.165, 1.54) is 0 Å². The lowest BCUT2D eigenvalue weighted by atomic mass is 10.3. The third-order valence-electron chi connectivity index (χ3n) is 2.24. The molecule has 0 spiro atoms. The zero-order chi connectivity index (χ0) is 10.7. The molecule has 1 aromatic heterocycles. The van der Waals surface area contributed by atoms with Crippen molar-refractivity contribution >= 4 is 11.7 Å². The van der Waals surface area contributed by atoms with E-state index < -0.39 is 0 Å². The van der Waals surface area contributed by atoms with Crippen molar-refractivity contribution in [2.24, 2.45) is 5.73 Å². The number of nitrogens with zero attached hydrogens (tertiary/aromatic N) is 3. The fourth-order valence-corrected chi connectivity index (χ4v) is 1.53. The van der Waals surface area contributed by atoms with E-state index in [0.717, 1.165) is 13.1 Å². The minimum Gasteiger partial charge on any atom is -0.382 e. The second kappa shape index (κ2) is 4.22. The van der Waals surface area contributed by atoms with Gasteiger partial charge in [-0.2, -0.15) is 0 Å². The molecule has 1 aliphatic heterocycles. The van der Waals surface area contributed by atoms with E-state index in [1.807, 2.05) is 4.90 Å². The summed E-state index contributed by atoms with van der Waals surface area (Å²) in [6.07, 6.45) is 3.15. The van der Waals surface area contributed by atoms with Crippen LogP contribution >= 0.6 is 0 Å². The number of amidine groups is 1. The van der Waals surface area contributed by atoms with Gasteiger partial charge in [0.1, 0.15) is 11.5 Å². The first-order valence-corrected chi connectivity index (χ1v) is 4.77. The average Bonchev–Trinajstić information content (AvgIpc) is 2.30. The summed E-state index contributed by atoms with van der Waals surface area (Å²) < 4.78 is 5.25. The number of hydrogen-bond acceptors (Lipinski definition) is 5. The van der Waals surface area contributed by atoms with Gasteiger partial charge in [0.15, 0.2) is 5.82 Å². The van der Waals surface area contributed by atoms with Crippen molar-refractivity contribution in [3.8, 4) is 0 Å². The molecule has 0 aromatic carbocycles. The molecule has 2 rings (SSSR count). The van der Waals surface area contributed by atoms with E-state index >= 15 is 0 Å². The van der Waals surface area contributed by atoms with Gasteiger partial charge in [-0.3, -0.25) is 5.41 Å². The molecule has 0 bridgehead atoms. The molecule has 3 N–H and O–H groups in total. The molecule has 0 aliphatic carbocycles. The first-order valence-electron chi connectivity index (χ1n) is 4.77. The Morgan fingerprint density at radius 2 is 2.00 bits per heavy atom. The van der Waals surface area contributed by atoms with Crippen LogP contribution in [0, 0.1) is 5.41 Å². The number of anilines is 1. The Kier molecular flexibility index (Phi) is 2.77. The smallest absolute Gasteiger partial charge is 0.158 e. The zero-order valence-corrected chi connectivity index (χ0v) is 8.31. The zero-order valence-electron chi connectivity index (χ0n) is 8.31. The van der Waals surface area contributed by atoms with Crippen molar-refractivity contribution in [3.05, 3.63) is 18.1 Å². The van der Waals surface area contributed by atoms with Gasteiger partial charge in [-0.15, -0.1) is 0 Å². The Balaban J connectivity index is 2.29. The molecular weight excluding hydrogens is 194 g/mol. The summed E-state index contributed by atoms with van der Waals surface area (Å²) in [6, 6.07) is 0. The van der Waals surface area contributed by atoms with Crippen LogP contribution in [0.4, 0.5) is 5.82 Å². The number of nitrogens with two attached hydrogens (primary N) is 1. The summed E-state index contributed by atoms with van der Waals surface area (Å²) >= 11 is 0. The predicted molar refractivity (Wildman–Crippen MR) is 56.1 cm³/mol. The van der Waals surface area contributed by atoms with Crippen LogP contribution in [-0.4, -0.2) is 42.1 Å². The van der Waals surface area contributed by atoms with Crippen LogP contribution in [0.5, 0.6) is 0 Å². The fourth-order valence-electron chi connectivity index (χ4n) is 1.53. The van der Waals surface area contributed by atoms with E-state index in [0.29, 0.717) is 24.7 Å². The van der Waals surface area contributed by atoms with Gasteiger partial charge in [-0.05, 0) is 0 Å². The molecule has 0 atom stereocenters. The Morgan fingerprint density at radius 3 is 2.67 bits per heavy atom. The number of rotatable bonds is 2. The maximum Gasteiger partial charge on any atom is 0.158 e. The van der Waals surface area contributed by atoms with Crippen LogP contribution in [0.25, 0.3) is 0 Å². The third-order valence-corrected chi connectivity index (χ3v) is 2.24. The van der Waals surface area contributed by atoms with Crippen molar-refractivity contribution in [1.29, 1.82) is 5.41 Å². The molecule has 1 saturated heterocycles. The minimum atomic E-state index is -0.0513. The highest BCUT2D eigenvalue weighted by Gasteiger charge is 2.17. The Bertz CT molecular complexity index is 361. The van der Waals surface area contributed by atoms with Gasteiger partial charge in [0, 0.05) is 25.5 Å². The Hall–Kier alpha value is -1.69. The summed E-state index contributed by atoms with van der Waals surface area (Å²) in [5.41, 5.74) is 5.89. The number of hydrogen-bond donors (Lipinski definition) is 2. The molecule has 15 heavy (non-hydrogen) atoms. The average molecular weight is 207 g/mol. The van der Waals surface area contributed by atoms with Crippen molar-refractivity contribution in [3.63, 3.8) is 0 Å². The second-order valence-corrected chi connectivity index (χ2v) is 3.24. The first kappa shape index (κ1) is 9.85. The quantitative estimate of drug-likeness (QED) is 0.508. The normalized spacial score (nSPS) is 16.4. The summed E-state index contributed by atoms with van der Waals surface area (Å²) in [5, 5.41) is 7.41. The molecule has 2 heterocycles. The molecule has 0 amide bonds. The number of aromatic nitrogens is 2. The molecule has 0 unspecified atom stereocenters. The highest BCUT2D eigenvalue weighted by molar-refractivity contribution is 5.97. The van der Waals surface area contributed by atoms with Gasteiger partial charge < -0.3 is 15.4 Å². The minimum absolute atomic E-state index is 0.0513. The van der Waals surface area contributed by atoms with Crippen molar-refractivity contribution in [2.75, 3.05) is 31.2 Å². The van der Waals surface area contributed by atoms with Gasteiger partial charge >= 0.3 is 0 Å². The van der Waals surface area contributed by atoms with E-state index in [9.17, 15) is 0 Å². The van der Waals surface area contributed by atoms with Gasteiger partial charge in [0.2, 0.25) is 0 Å². The van der Waals surface area contributed by atoms with Crippen LogP contribution in [-0.2, 0) is 4.74 Å². The number of morpholine rings is 1. The monoisotopic (exact) mass is 207 g/mol. The summed E-state index contributed by atoms with van der Waals surface area (Å²) in [4.78, 5) is 10.3. The largest absolute Gasteiger partial charge is 0.382 e. The molecule has 1 aliphatic rings. The van der Waals surface area contributed by atoms with Crippen LogP contribution in [0.1, 0.15) is 5.69 Å². The molecule has 6 nitrogen and oxygen atoms in total. The molecular formula is C9H13N5O. The number of ether oxygens (including phenoxy) is 1. The van der Waals surface area contributed by atoms with Crippen LogP contribution in [0.15, 0.2) is 12.4 Å². The molecule has 0 saturated carbocycles. The maximum absolute atomic E-state index is 7.41. The highest BCUT2D eigenvalue weighted by Crippen LogP contribution is 2.15. The SMILES string of the molecule is N=C(N)c1nccnc1N1CCOCC1. The van der Waals surface area contributed by atoms with Crippen molar-refractivity contribution in [1.82, 2.24) is 9.97 Å². The van der Waals surface area contributed by atoms with E-state index in [1.54, 1.807) is 12.4 Å². The summed E-state index contributed by atoms with van der Waals surface area (Å²) in [7, 11) is 0. The third kappa shape index (κ3) is 2.04. The van der Waals surface area contributed by atoms with Crippen molar-refractivity contribution in [2.45, 2.75) is 0 Å². The lowest BCUT2D eigenvalue weighted by Gasteiger charge is -2.28. The topological polar surface area (TPSA) is 88.1 Å². The van der Waals surface area contributed by atoms with Gasteiger partial charge in [0.05, 0.1) is 13.2 Å². The second-order valence-electron chi connectivity index (χ2n) is 3.24. The van der Waals surface area contributed by atoms with Gasteiger partial charge in [-0.25, -0.2) is 9.97 Å². The lowest BCUT2D eigenvalue weighted by Crippen LogP contribution is -2.38. The van der Waals surface area contributed by atoms with Crippen LogP contribution in [0.3, 0.4) is 0 Å². The maximum atomic E-state index is 7.41. The Labute approximate surface area is 87.6 Å². The van der Waals surface area contributed by atoms with Crippen LogP contribution < -0.4 is 10.6 Å². The molecule has 0 radical (unpaired) electrons. The van der Waals surface area contributed by atoms with E-state index in [4.69, 9.17) is 15.9 Å². The number of nitrogens with one attached hydrogen (secondary N) is 1. The summed E-state index contributed by atoms with van der Waals surface area (Å²) in [6.45, 7) is 2.87. The van der Waals surface area contributed by atoms with E-state index in [-0.39, 0.29) is 5.84 Å². The fraction of sp³-hybridized carbons (Fsp3) is 0.444. The van der Waals surface area contributed by atoms with Gasteiger partial charge in [0.25, 0.3) is 0 Å². The standard InChI is InChI=1S/C9H13N5O/c10-8(11)7-9(13-2-1-12-7)14-3-5-15-6-4-14/h1-2H,3-6H2,(H3,10,11). The lowest BCUT2D eigenvalue weighted by molar-refractivity contribution is 0.122.